The van der Waals surface area contributed by atoms with E-state index >= 15 is 0 Å². The van der Waals surface area contributed by atoms with Gasteiger partial charge in [-0.15, -0.1) is 53.6 Å². The van der Waals surface area contributed by atoms with Gasteiger partial charge < -0.3 is 14.0 Å². The van der Waals surface area contributed by atoms with Gasteiger partial charge in [0.1, 0.15) is 5.58 Å². The topological polar surface area (TPSA) is 43.9 Å². The molecular formula is C49H43IrN3OSi-2. The molecule has 9 rings (SSSR count). The molecule has 4 nitrogen and oxygen atoms in total. The first-order valence-corrected chi connectivity index (χ1v) is 21.7. The maximum Gasteiger partial charge on any atom is 0.120 e. The number of rotatable bonds is 6. The van der Waals surface area contributed by atoms with Crippen LogP contribution in [0, 0.1) is 19.0 Å². The SMILES string of the molecule is [2H]C([2H])([2H])c1c[c-]c(-c2cc(C([2H])(C)C)c([Si](C)(C)C)cn2)cc1.[Ir].[c-]1ccc2c(oc3ccccc32)c1-c1nc2ccccc2n1-c1ccc(-c2ccccc2)cc1. The molecule has 0 amide bonds. The van der Waals surface area contributed by atoms with Gasteiger partial charge in [0, 0.05) is 42.9 Å². The molecule has 0 bridgehead atoms. The van der Waals surface area contributed by atoms with Gasteiger partial charge in [-0.3, -0.25) is 4.98 Å². The largest absolute Gasteiger partial charge is 0.501 e. The molecule has 0 atom stereocenters. The summed E-state index contributed by atoms with van der Waals surface area (Å²) in [6, 6.07) is 52.7. The molecule has 0 unspecified atom stereocenters. The normalized spacial score (nSPS) is 13.0. The van der Waals surface area contributed by atoms with Gasteiger partial charge in [-0.25, -0.2) is 0 Å². The van der Waals surface area contributed by atoms with Gasteiger partial charge in [0.15, 0.2) is 0 Å². The number of hydrogen-bond acceptors (Lipinski definition) is 3. The third-order valence-electron chi connectivity index (χ3n) is 9.69. The second-order valence-corrected chi connectivity index (χ2v) is 19.8. The molecule has 0 aliphatic heterocycles. The predicted octanol–water partition coefficient (Wildman–Crippen LogP) is 12.6. The number of pyridine rings is 1. The van der Waals surface area contributed by atoms with Crippen LogP contribution in [0.5, 0.6) is 0 Å². The van der Waals surface area contributed by atoms with Crippen molar-refractivity contribution in [3.63, 3.8) is 0 Å². The summed E-state index contributed by atoms with van der Waals surface area (Å²) >= 11 is 0. The fourth-order valence-corrected chi connectivity index (χ4v) is 8.53. The van der Waals surface area contributed by atoms with E-state index in [4.69, 9.17) is 14.9 Å². The van der Waals surface area contributed by atoms with Crippen LogP contribution in [0.4, 0.5) is 0 Å². The summed E-state index contributed by atoms with van der Waals surface area (Å²) in [5, 5.41) is 3.36. The maximum absolute atomic E-state index is 8.48. The van der Waals surface area contributed by atoms with Crippen molar-refractivity contribution in [1.29, 1.82) is 0 Å². The molecule has 0 fully saturated rings. The number of imidazole rings is 1. The van der Waals surface area contributed by atoms with Crippen molar-refractivity contribution in [2.45, 2.75) is 46.2 Å². The minimum absolute atomic E-state index is 0. The van der Waals surface area contributed by atoms with Gasteiger partial charge in [-0.05, 0) is 58.2 Å². The Labute approximate surface area is 343 Å². The Hall–Kier alpha value is -5.39. The minimum atomic E-state index is -2.13. The number of nitrogens with zero attached hydrogens (tertiary/aromatic N) is 3. The molecule has 6 aromatic carbocycles. The van der Waals surface area contributed by atoms with E-state index in [9.17, 15) is 0 Å². The zero-order valence-corrected chi connectivity index (χ0v) is 34.8. The Morgan fingerprint density at radius 3 is 2.24 bits per heavy atom. The fraction of sp³-hybridized carbons (Fsp3) is 0.143. The molecule has 6 heteroatoms. The molecule has 275 valence electrons. The van der Waals surface area contributed by atoms with Crippen molar-refractivity contribution < 1.29 is 30.0 Å². The van der Waals surface area contributed by atoms with Crippen molar-refractivity contribution in [2.24, 2.45) is 0 Å². The molecule has 0 spiro atoms. The van der Waals surface area contributed by atoms with Gasteiger partial charge in [-0.2, -0.15) is 0 Å². The van der Waals surface area contributed by atoms with E-state index in [1.807, 2.05) is 74.6 Å². The third kappa shape index (κ3) is 7.63. The summed E-state index contributed by atoms with van der Waals surface area (Å²) < 4.78 is 39.3. The summed E-state index contributed by atoms with van der Waals surface area (Å²) in [4.78, 5) is 9.59. The first kappa shape index (κ1) is 33.0. The summed E-state index contributed by atoms with van der Waals surface area (Å²) in [6.45, 7) is 8.38. The van der Waals surface area contributed by atoms with Crippen molar-refractivity contribution in [1.82, 2.24) is 14.5 Å². The molecule has 55 heavy (non-hydrogen) atoms. The summed E-state index contributed by atoms with van der Waals surface area (Å²) in [5.41, 5.74) is 10.7. The molecule has 0 saturated carbocycles. The van der Waals surface area contributed by atoms with E-state index in [0.29, 0.717) is 0 Å². The molecular weight excluding hydrogens is 867 g/mol. The number of aromatic nitrogens is 3. The number of aryl methyl sites for hydroxylation is 1. The van der Waals surface area contributed by atoms with Gasteiger partial charge >= 0.3 is 0 Å². The van der Waals surface area contributed by atoms with Crippen LogP contribution < -0.4 is 5.19 Å². The Kier molecular flexibility index (Phi) is 9.45. The second kappa shape index (κ2) is 15.8. The molecule has 0 aliphatic rings. The Bertz CT molecular complexity index is 2890. The summed E-state index contributed by atoms with van der Waals surface area (Å²) in [7, 11) is -1.61. The molecule has 3 aromatic heterocycles. The Morgan fingerprint density at radius 1 is 0.782 bits per heavy atom. The van der Waals surface area contributed by atoms with Crippen molar-refractivity contribution >= 4 is 46.2 Å². The summed E-state index contributed by atoms with van der Waals surface area (Å²) in [5.74, 6) is 0.102. The second-order valence-electron chi connectivity index (χ2n) is 14.7. The Balaban J connectivity index is 0.000000188. The van der Waals surface area contributed by atoms with E-state index < -0.39 is 20.8 Å². The van der Waals surface area contributed by atoms with Crippen LogP contribution in [0.3, 0.4) is 0 Å². The van der Waals surface area contributed by atoms with Crippen LogP contribution in [0.25, 0.3) is 72.4 Å². The molecule has 9 aromatic rings. The number of para-hydroxylation sites is 3. The Morgan fingerprint density at radius 2 is 1.51 bits per heavy atom. The van der Waals surface area contributed by atoms with E-state index in [-0.39, 0.29) is 25.7 Å². The number of furan rings is 1. The van der Waals surface area contributed by atoms with Crippen LogP contribution in [0.15, 0.2) is 150 Å². The van der Waals surface area contributed by atoms with Crippen LogP contribution in [-0.4, -0.2) is 22.6 Å². The average Bonchev–Trinajstić information content (AvgIpc) is 3.79. The summed E-state index contributed by atoms with van der Waals surface area (Å²) in [6.07, 6.45) is 1.89. The van der Waals surface area contributed by atoms with E-state index in [1.165, 1.54) is 22.4 Å². The quantitative estimate of drug-likeness (QED) is 0.123. The number of fused-ring (bicyclic) bond motifs is 4. The monoisotopic (exact) mass is 914 g/mol. The van der Waals surface area contributed by atoms with Crippen LogP contribution in [0.1, 0.15) is 36.4 Å². The first-order valence-electron chi connectivity index (χ1n) is 20.2. The van der Waals surface area contributed by atoms with Crippen LogP contribution in [0.2, 0.25) is 19.6 Å². The standard InChI is InChI=1S/C31H19N2O.C18H24NSi.Ir/c1-2-9-21(10-3-1)22-17-19-23(20-18-22)33-28-15-6-5-14-27(28)32-31(33)26-13-8-12-25-24-11-4-7-16-29(24)34-30(25)26;1-13(2)16-11-17(15-9-7-14(3)8-10-15)19-12-18(16)20(4,5)6;/h1-12,14-20H;7-9,11-13H,1-6H3;/q2*-1;/i;3D3,13D;. The van der Waals surface area contributed by atoms with E-state index in [1.54, 1.807) is 12.1 Å². The van der Waals surface area contributed by atoms with E-state index in [0.717, 1.165) is 66.9 Å². The number of hydrogen-bond donors (Lipinski definition) is 0. The van der Waals surface area contributed by atoms with Gasteiger partial charge in [0.2, 0.25) is 0 Å². The molecule has 3 heterocycles. The van der Waals surface area contributed by atoms with Gasteiger partial charge in [0.25, 0.3) is 0 Å². The third-order valence-corrected chi connectivity index (χ3v) is 11.7. The maximum atomic E-state index is 8.48. The minimum Gasteiger partial charge on any atom is -0.501 e. The van der Waals surface area contributed by atoms with Gasteiger partial charge in [0.05, 0.1) is 30.5 Å². The molecule has 0 N–H and O–H groups in total. The first-order chi connectivity index (χ1) is 27.7. The zero-order valence-electron chi connectivity index (χ0n) is 35.4. The molecule has 0 saturated heterocycles. The average molecular weight is 914 g/mol. The van der Waals surface area contributed by atoms with Crippen LogP contribution >= 0.6 is 0 Å². The van der Waals surface area contributed by atoms with Gasteiger partial charge in [-0.1, -0.05) is 136 Å². The number of benzene rings is 6. The predicted molar refractivity (Wildman–Crippen MR) is 228 cm³/mol. The smallest absolute Gasteiger partial charge is 0.120 e. The van der Waals surface area contributed by atoms with Crippen molar-refractivity contribution in [2.75, 3.05) is 0 Å². The zero-order chi connectivity index (χ0) is 40.8. The van der Waals surface area contributed by atoms with E-state index in [2.05, 4.69) is 108 Å². The van der Waals surface area contributed by atoms with Crippen molar-refractivity contribution in [3.8, 4) is 39.5 Å². The molecule has 1 radical (unpaired) electrons. The molecule has 0 aliphatic carbocycles. The van der Waals surface area contributed by atoms with Crippen molar-refractivity contribution in [3.05, 3.63) is 169 Å². The fourth-order valence-electron chi connectivity index (χ4n) is 6.94. The van der Waals surface area contributed by atoms with Crippen LogP contribution in [-0.2, 0) is 20.1 Å².